The highest BCUT2D eigenvalue weighted by Crippen LogP contribution is 2.17. The molecule has 0 heterocycles. The van der Waals surface area contributed by atoms with Crippen LogP contribution in [-0.4, -0.2) is 0 Å². The minimum Gasteiger partial charge on any atom is -0.324 e. The van der Waals surface area contributed by atoms with Gasteiger partial charge in [-0.2, -0.15) is 0 Å². The van der Waals surface area contributed by atoms with Gasteiger partial charge in [0.2, 0.25) is 0 Å². The number of aryl methyl sites for hydroxylation is 2. The molecule has 0 radical (unpaired) electrons. The zero-order chi connectivity index (χ0) is 9.14. The van der Waals surface area contributed by atoms with E-state index in [1.54, 1.807) is 0 Å². The quantitative estimate of drug-likeness (QED) is 0.712. The molecule has 0 saturated heterocycles. The van der Waals surface area contributed by atoms with Gasteiger partial charge < -0.3 is 5.73 Å². The van der Waals surface area contributed by atoms with Crippen molar-refractivity contribution in [3.63, 3.8) is 0 Å². The van der Waals surface area contributed by atoms with E-state index in [4.69, 9.17) is 5.73 Å². The molecule has 1 heteroatoms. The molecule has 0 aliphatic heterocycles. The molecule has 1 nitrogen and oxygen atoms in total. The Labute approximate surface area is 74.6 Å². The van der Waals surface area contributed by atoms with Gasteiger partial charge >= 0.3 is 0 Å². The molecule has 0 saturated carbocycles. The highest BCUT2D eigenvalue weighted by atomic mass is 14.6. The smallest absolute Gasteiger partial charge is 0.0292 e. The van der Waals surface area contributed by atoms with Crippen LogP contribution < -0.4 is 5.73 Å². The summed E-state index contributed by atoms with van der Waals surface area (Å²) in [5, 5.41) is 0. The Kier molecular flexibility index (Phi) is 2.88. The maximum atomic E-state index is 5.91. The summed E-state index contributed by atoms with van der Waals surface area (Å²) in [5.74, 6) is 0. The molecule has 2 N–H and O–H groups in total. The molecule has 1 aromatic rings. The first-order chi connectivity index (χ1) is 5.65. The SMILES string of the molecule is CCC(N)c1ccc(C)c(C)c1. The summed E-state index contributed by atoms with van der Waals surface area (Å²) in [6, 6.07) is 6.64. The summed E-state index contributed by atoms with van der Waals surface area (Å²) in [7, 11) is 0. The lowest BCUT2D eigenvalue weighted by atomic mass is 10.0. The molecule has 0 fully saturated rings. The van der Waals surface area contributed by atoms with E-state index in [1.807, 2.05) is 0 Å². The normalized spacial score (nSPS) is 13.0. The molecule has 1 unspecified atom stereocenters. The molecule has 1 atom stereocenters. The van der Waals surface area contributed by atoms with Crippen LogP contribution >= 0.6 is 0 Å². The van der Waals surface area contributed by atoms with E-state index < -0.39 is 0 Å². The van der Waals surface area contributed by atoms with Gasteiger partial charge in [0, 0.05) is 6.04 Å². The summed E-state index contributed by atoms with van der Waals surface area (Å²) in [4.78, 5) is 0. The van der Waals surface area contributed by atoms with E-state index in [-0.39, 0.29) is 6.04 Å². The Bertz CT molecular complexity index is 266. The lowest BCUT2D eigenvalue weighted by molar-refractivity contribution is 0.698. The standard InChI is InChI=1S/C11H17N/c1-4-11(12)10-6-5-8(2)9(3)7-10/h5-7,11H,4,12H2,1-3H3. The number of benzene rings is 1. The van der Waals surface area contributed by atoms with Crippen LogP contribution in [0.2, 0.25) is 0 Å². The van der Waals surface area contributed by atoms with Crippen molar-refractivity contribution in [1.29, 1.82) is 0 Å². The molecule has 0 aliphatic carbocycles. The van der Waals surface area contributed by atoms with Gasteiger partial charge in [0.25, 0.3) is 0 Å². The molecule has 66 valence electrons. The first kappa shape index (κ1) is 9.27. The number of hydrogen-bond donors (Lipinski definition) is 1. The number of hydrogen-bond acceptors (Lipinski definition) is 1. The van der Waals surface area contributed by atoms with Crippen LogP contribution in [0.3, 0.4) is 0 Å². The minimum atomic E-state index is 0.198. The van der Waals surface area contributed by atoms with E-state index in [0.717, 1.165) is 6.42 Å². The summed E-state index contributed by atoms with van der Waals surface area (Å²) in [6.45, 7) is 6.36. The topological polar surface area (TPSA) is 26.0 Å². The number of nitrogens with two attached hydrogens (primary N) is 1. The van der Waals surface area contributed by atoms with Gasteiger partial charge in [0.15, 0.2) is 0 Å². The van der Waals surface area contributed by atoms with Crippen LogP contribution in [0.5, 0.6) is 0 Å². The zero-order valence-corrected chi connectivity index (χ0v) is 8.09. The first-order valence-electron chi connectivity index (χ1n) is 4.48. The first-order valence-corrected chi connectivity index (χ1v) is 4.48. The van der Waals surface area contributed by atoms with E-state index >= 15 is 0 Å². The van der Waals surface area contributed by atoms with E-state index in [1.165, 1.54) is 16.7 Å². The summed E-state index contributed by atoms with van der Waals surface area (Å²) >= 11 is 0. The Morgan fingerprint density at radius 2 is 1.92 bits per heavy atom. The molecule has 0 spiro atoms. The largest absolute Gasteiger partial charge is 0.324 e. The van der Waals surface area contributed by atoms with Crippen molar-refractivity contribution in [2.24, 2.45) is 5.73 Å². The van der Waals surface area contributed by atoms with Crippen molar-refractivity contribution >= 4 is 0 Å². The third-order valence-electron chi connectivity index (χ3n) is 2.40. The lowest BCUT2D eigenvalue weighted by Gasteiger charge is -2.10. The number of rotatable bonds is 2. The van der Waals surface area contributed by atoms with E-state index in [9.17, 15) is 0 Å². The van der Waals surface area contributed by atoms with Crippen molar-refractivity contribution in [1.82, 2.24) is 0 Å². The fraction of sp³-hybridized carbons (Fsp3) is 0.455. The minimum absolute atomic E-state index is 0.198. The van der Waals surface area contributed by atoms with Crippen LogP contribution in [0.4, 0.5) is 0 Å². The molecule has 0 aromatic heterocycles. The predicted molar refractivity (Wildman–Crippen MR) is 53.1 cm³/mol. The second kappa shape index (κ2) is 3.72. The molecule has 0 bridgehead atoms. The molecule has 1 aromatic carbocycles. The predicted octanol–water partition coefficient (Wildman–Crippen LogP) is 2.71. The average molecular weight is 163 g/mol. The van der Waals surface area contributed by atoms with Crippen LogP contribution in [0.25, 0.3) is 0 Å². The highest BCUT2D eigenvalue weighted by Gasteiger charge is 2.03. The Hall–Kier alpha value is -0.820. The van der Waals surface area contributed by atoms with E-state index in [2.05, 4.69) is 39.0 Å². The maximum Gasteiger partial charge on any atom is 0.0292 e. The molecular weight excluding hydrogens is 146 g/mol. The van der Waals surface area contributed by atoms with Gasteiger partial charge in [-0.05, 0) is 37.0 Å². The fourth-order valence-electron chi connectivity index (χ4n) is 1.23. The van der Waals surface area contributed by atoms with Gasteiger partial charge in [-0.1, -0.05) is 25.1 Å². The van der Waals surface area contributed by atoms with Crippen LogP contribution in [0.1, 0.15) is 36.1 Å². The lowest BCUT2D eigenvalue weighted by Crippen LogP contribution is -2.08. The van der Waals surface area contributed by atoms with Gasteiger partial charge in [0.05, 0.1) is 0 Å². The van der Waals surface area contributed by atoms with Crippen LogP contribution in [0.15, 0.2) is 18.2 Å². The van der Waals surface area contributed by atoms with Gasteiger partial charge in [-0.15, -0.1) is 0 Å². The summed E-state index contributed by atoms with van der Waals surface area (Å²) < 4.78 is 0. The van der Waals surface area contributed by atoms with Gasteiger partial charge in [-0.3, -0.25) is 0 Å². The molecule has 0 amide bonds. The zero-order valence-electron chi connectivity index (χ0n) is 8.09. The third kappa shape index (κ3) is 1.86. The van der Waals surface area contributed by atoms with Crippen molar-refractivity contribution in [3.05, 3.63) is 34.9 Å². The maximum absolute atomic E-state index is 5.91. The van der Waals surface area contributed by atoms with Gasteiger partial charge in [0.1, 0.15) is 0 Å². The molecule has 1 rings (SSSR count). The Morgan fingerprint density at radius 1 is 1.25 bits per heavy atom. The summed E-state index contributed by atoms with van der Waals surface area (Å²) in [6.07, 6.45) is 1.00. The molecular formula is C11H17N. The second-order valence-electron chi connectivity index (χ2n) is 3.36. The van der Waals surface area contributed by atoms with Gasteiger partial charge in [-0.25, -0.2) is 0 Å². The van der Waals surface area contributed by atoms with Crippen molar-refractivity contribution in [3.8, 4) is 0 Å². The Morgan fingerprint density at radius 3 is 2.42 bits per heavy atom. The molecule has 12 heavy (non-hydrogen) atoms. The summed E-state index contributed by atoms with van der Waals surface area (Å²) in [5.41, 5.74) is 9.83. The Balaban J connectivity index is 2.96. The van der Waals surface area contributed by atoms with Crippen molar-refractivity contribution in [2.75, 3.05) is 0 Å². The monoisotopic (exact) mass is 163 g/mol. The fourth-order valence-corrected chi connectivity index (χ4v) is 1.23. The second-order valence-corrected chi connectivity index (χ2v) is 3.36. The van der Waals surface area contributed by atoms with Crippen molar-refractivity contribution < 1.29 is 0 Å². The highest BCUT2D eigenvalue weighted by molar-refractivity contribution is 5.31. The van der Waals surface area contributed by atoms with Crippen LogP contribution in [0, 0.1) is 13.8 Å². The molecule has 0 aliphatic rings. The van der Waals surface area contributed by atoms with E-state index in [0.29, 0.717) is 0 Å². The van der Waals surface area contributed by atoms with Crippen LogP contribution in [-0.2, 0) is 0 Å². The average Bonchev–Trinajstić information content (AvgIpc) is 2.08. The van der Waals surface area contributed by atoms with Crippen molar-refractivity contribution in [2.45, 2.75) is 33.2 Å². The third-order valence-corrected chi connectivity index (χ3v) is 2.40.